The number of ether oxygens (including phenoxy) is 1. The summed E-state index contributed by atoms with van der Waals surface area (Å²) in [5.74, 6) is 1.01. The van der Waals surface area contributed by atoms with Crippen LogP contribution in [-0.4, -0.2) is 65.6 Å². The number of fused-ring (bicyclic) bond motifs is 1. The molecule has 0 spiro atoms. The molecule has 0 radical (unpaired) electrons. The van der Waals surface area contributed by atoms with Crippen molar-refractivity contribution >= 4 is 11.8 Å². The van der Waals surface area contributed by atoms with E-state index in [1.807, 2.05) is 24.3 Å². The predicted octanol–water partition coefficient (Wildman–Crippen LogP) is 2.66. The Balaban J connectivity index is 1.37. The summed E-state index contributed by atoms with van der Waals surface area (Å²) < 4.78 is 5.32. The fourth-order valence-corrected chi connectivity index (χ4v) is 5.28. The number of amides is 2. The van der Waals surface area contributed by atoms with E-state index in [1.54, 1.807) is 16.9 Å². The van der Waals surface area contributed by atoms with E-state index < -0.39 is 0 Å². The van der Waals surface area contributed by atoms with Crippen molar-refractivity contribution in [3.8, 4) is 16.9 Å². The summed E-state index contributed by atoms with van der Waals surface area (Å²) in [4.78, 5) is 29.0. The molecule has 1 saturated carbocycles. The number of hydrogen-bond acceptors (Lipinski definition) is 4. The van der Waals surface area contributed by atoms with Gasteiger partial charge in [-0.3, -0.25) is 9.59 Å². The highest BCUT2D eigenvalue weighted by molar-refractivity contribution is 5.89. The average molecular weight is 421 g/mol. The quantitative estimate of drug-likeness (QED) is 0.808. The number of hydrogen-bond donors (Lipinski definition) is 1. The third-order valence-corrected chi connectivity index (χ3v) is 7.22. The summed E-state index contributed by atoms with van der Waals surface area (Å²) in [6, 6.07) is 16.0. The van der Waals surface area contributed by atoms with Gasteiger partial charge in [-0.1, -0.05) is 42.8 Å². The number of aliphatic hydroxyl groups excluding tert-OH is 1. The second-order valence-electron chi connectivity index (χ2n) is 8.84. The Bertz CT molecular complexity index is 985. The molecular formula is C25H28N2O4. The van der Waals surface area contributed by atoms with Crippen LogP contribution in [0.4, 0.5) is 0 Å². The number of piperazine rings is 1. The normalized spacial score (nSPS) is 25.5. The molecule has 0 bridgehead atoms. The Morgan fingerprint density at radius 1 is 1.13 bits per heavy atom. The van der Waals surface area contributed by atoms with Gasteiger partial charge in [-0.25, -0.2) is 0 Å². The maximum atomic E-state index is 12.8. The minimum atomic E-state index is -0.221. The molecule has 2 aliphatic heterocycles. The van der Waals surface area contributed by atoms with Crippen molar-refractivity contribution < 1.29 is 19.4 Å². The number of nitrogens with zero attached hydrogens (tertiary/aromatic N) is 2. The van der Waals surface area contributed by atoms with Gasteiger partial charge in [-0.05, 0) is 41.7 Å². The molecule has 0 aromatic heterocycles. The minimum absolute atomic E-state index is 0.0327. The lowest BCUT2D eigenvalue weighted by molar-refractivity contribution is -0.169. The van der Waals surface area contributed by atoms with Gasteiger partial charge in [0.1, 0.15) is 5.75 Å². The SMILES string of the molecule is COc1cccc(-c2ccc([C@H]3[C@H](CO)N4C(=O)CN(C(=O)C5CCC5)C[C@@H]34)cc2)c1. The molecule has 2 aromatic rings. The zero-order valence-corrected chi connectivity index (χ0v) is 17.7. The monoisotopic (exact) mass is 420 g/mol. The fraction of sp³-hybridized carbons (Fsp3) is 0.440. The molecule has 1 aliphatic carbocycles. The fourth-order valence-electron chi connectivity index (χ4n) is 5.28. The molecule has 2 saturated heterocycles. The van der Waals surface area contributed by atoms with Gasteiger partial charge < -0.3 is 19.6 Å². The molecule has 2 aromatic carbocycles. The number of carbonyl (C=O) groups is 2. The van der Waals surface area contributed by atoms with E-state index in [2.05, 4.69) is 24.3 Å². The third-order valence-electron chi connectivity index (χ3n) is 7.22. The first-order chi connectivity index (χ1) is 15.1. The zero-order chi connectivity index (χ0) is 21.5. The molecule has 3 fully saturated rings. The Kier molecular flexibility index (Phi) is 5.18. The molecule has 3 aliphatic rings. The van der Waals surface area contributed by atoms with E-state index in [0.29, 0.717) is 6.54 Å². The molecule has 2 amide bonds. The maximum absolute atomic E-state index is 12.8. The molecule has 2 heterocycles. The lowest BCUT2D eigenvalue weighted by Crippen LogP contribution is -2.73. The van der Waals surface area contributed by atoms with E-state index in [1.165, 1.54) is 0 Å². The molecule has 31 heavy (non-hydrogen) atoms. The first-order valence-electron chi connectivity index (χ1n) is 11.1. The molecular weight excluding hydrogens is 392 g/mol. The van der Waals surface area contributed by atoms with Crippen LogP contribution in [0.3, 0.4) is 0 Å². The lowest BCUT2D eigenvalue weighted by Gasteiger charge is -2.59. The number of carbonyl (C=O) groups excluding carboxylic acids is 2. The van der Waals surface area contributed by atoms with Crippen LogP contribution in [0.15, 0.2) is 48.5 Å². The highest BCUT2D eigenvalue weighted by Gasteiger charge is 2.54. The molecule has 1 N–H and O–H groups in total. The third kappa shape index (κ3) is 3.39. The molecule has 6 nitrogen and oxygen atoms in total. The minimum Gasteiger partial charge on any atom is -0.497 e. The summed E-state index contributed by atoms with van der Waals surface area (Å²) in [5.41, 5.74) is 3.25. The summed E-state index contributed by atoms with van der Waals surface area (Å²) in [5, 5.41) is 9.99. The topological polar surface area (TPSA) is 70.1 Å². The van der Waals surface area contributed by atoms with Crippen LogP contribution in [0.25, 0.3) is 11.1 Å². The van der Waals surface area contributed by atoms with Crippen molar-refractivity contribution in [1.82, 2.24) is 9.80 Å². The van der Waals surface area contributed by atoms with Gasteiger partial charge in [0.25, 0.3) is 0 Å². The number of benzene rings is 2. The van der Waals surface area contributed by atoms with Crippen LogP contribution in [0, 0.1) is 5.92 Å². The largest absolute Gasteiger partial charge is 0.497 e. The lowest BCUT2D eigenvalue weighted by atomic mass is 9.73. The van der Waals surface area contributed by atoms with Crippen molar-refractivity contribution in [1.29, 1.82) is 0 Å². The van der Waals surface area contributed by atoms with E-state index in [4.69, 9.17) is 4.74 Å². The van der Waals surface area contributed by atoms with Crippen molar-refractivity contribution in [3.63, 3.8) is 0 Å². The van der Waals surface area contributed by atoms with Gasteiger partial charge in [-0.2, -0.15) is 0 Å². The summed E-state index contributed by atoms with van der Waals surface area (Å²) in [7, 11) is 1.66. The second kappa shape index (κ2) is 8.00. The molecule has 3 atom stereocenters. The van der Waals surface area contributed by atoms with Crippen molar-refractivity contribution in [2.75, 3.05) is 26.8 Å². The van der Waals surface area contributed by atoms with Gasteiger partial charge in [0.15, 0.2) is 0 Å². The molecule has 5 rings (SSSR count). The number of aliphatic hydroxyl groups is 1. The second-order valence-corrected chi connectivity index (χ2v) is 8.84. The van der Waals surface area contributed by atoms with Gasteiger partial charge in [0.2, 0.25) is 11.8 Å². The zero-order valence-electron chi connectivity index (χ0n) is 17.7. The van der Waals surface area contributed by atoms with Gasteiger partial charge in [0, 0.05) is 18.4 Å². The van der Waals surface area contributed by atoms with Crippen LogP contribution in [-0.2, 0) is 9.59 Å². The number of methoxy groups -OCH3 is 1. The van der Waals surface area contributed by atoms with Crippen LogP contribution >= 0.6 is 0 Å². The highest BCUT2D eigenvalue weighted by atomic mass is 16.5. The van der Waals surface area contributed by atoms with Gasteiger partial charge >= 0.3 is 0 Å². The maximum Gasteiger partial charge on any atom is 0.242 e. The summed E-state index contributed by atoms with van der Waals surface area (Å²) in [6.45, 7) is 0.630. The summed E-state index contributed by atoms with van der Waals surface area (Å²) >= 11 is 0. The Morgan fingerprint density at radius 2 is 1.90 bits per heavy atom. The standard InChI is InChI=1S/C25H28N2O4/c1-31-20-7-3-6-19(12-20)16-8-10-17(11-9-16)24-21-13-26(25(30)18-4-2-5-18)14-23(29)27(21)22(24)15-28/h3,6-12,18,21-22,24,28H,2,4-5,13-15H2,1H3/t21-,22-,24+/m0/s1. The van der Waals surface area contributed by atoms with E-state index >= 15 is 0 Å². The number of rotatable bonds is 5. The molecule has 162 valence electrons. The van der Waals surface area contributed by atoms with Crippen molar-refractivity contribution in [2.45, 2.75) is 37.3 Å². The average Bonchev–Trinajstić information content (AvgIpc) is 2.74. The smallest absolute Gasteiger partial charge is 0.242 e. The highest BCUT2D eigenvalue weighted by Crippen LogP contribution is 2.44. The first kappa shape index (κ1) is 20.1. The predicted molar refractivity (Wildman–Crippen MR) is 117 cm³/mol. The summed E-state index contributed by atoms with van der Waals surface area (Å²) in [6.07, 6.45) is 2.97. The van der Waals surface area contributed by atoms with Crippen LogP contribution < -0.4 is 4.74 Å². The molecule has 0 unspecified atom stereocenters. The van der Waals surface area contributed by atoms with Gasteiger partial charge in [-0.15, -0.1) is 0 Å². The first-order valence-corrected chi connectivity index (χ1v) is 11.1. The van der Waals surface area contributed by atoms with Crippen molar-refractivity contribution in [2.24, 2.45) is 5.92 Å². The Labute approximate surface area is 182 Å². The van der Waals surface area contributed by atoms with E-state index in [0.717, 1.165) is 41.7 Å². The van der Waals surface area contributed by atoms with Crippen molar-refractivity contribution in [3.05, 3.63) is 54.1 Å². The van der Waals surface area contributed by atoms with Crippen LogP contribution in [0.2, 0.25) is 0 Å². The molecule has 6 heteroatoms. The Hall–Kier alpha value is -2.86. The Morgan fingerprint density at radius 3 is 2.55 bits per heavy atom. The van der Waals surface area contributed by atoms with E-state index in [9.17, 15) is 14.7 Å². The van der Waals surface area contributed by atoms with Crippen LogP contribution in [0.1, 0.15) is 30.7 Å². The van der Waals surface area contributed by atoms with E-state index in [-0.39, 0.29) is 48.9 Å². The van der Waals surface area contributed by atoms with Gasteiger partial charge in [0.05, 0.1) is 32.3 Å². The van der Waals surface area contributed by atoms with Crippen LogP contribution in [0.5, 0.6) is 5.75 Å².